The third kappa shape index (κ3) is 3.05. The lowest BCUT2D eigenvalue weighted by molar-refractivity contribution is -0.116. The molecule has 106 valence electrons. The van der Waals surface area contributed by atoms with E-state index in [2.05, 4.69) is 10.3 Å². The van der Waals surface area contributed by atoms with E-state index in [0.717, 1.165) is 16.5 Å². The second kappa shape index (κ2) is 5.71. The number of carbonyl (C=O) groups excluding carboxylic acids is 1. The summed E-state index contributed by atoms with van der Waals surface area (Å²) in [4.78, 5) is 15.2. The molecule has 0 bridgehead atoms. The van der Waals surface area contributed by atoms with Crippen molar-refractivity contribution < 1.29 is 9.90 Å². The number of benzene rings is 2. The fourth-order valence-electron chi connectivity index (χ4n) is 2.39. The normalized spacial score (nSPS) is 10.7. The molecule has 0 spiro atoms. The van der Waals surface area contributed by atoms with Crippen LogP contribution in [-0.4, -0.2) is 16.0 Å². The van der Waals surface area contributed by atoms with Gasteiger partial charge in [0.15, 0.2) is 0 Å². The Kier molecular flexibility index (Phi) is 3.60. The Balaban J connectivity index is 1.63. The smallest absolute Gasteiger partial charge is 0.224 e. The molecule has 0 aliphatic carbocycles. The first-order valence-electron chi connectivity index (χ1n) is 6.86. The van der Waals surface area contributed by atoms with Crippen LogP contribution in [0.15, 0.2) is 54.7 Å². The summed E-state index contributed by atoms with van der Waals surface area (Å²) in [6, 6.07) is 14.6. The Hall–Kier alpha value is -2.75. The van der Waals surface area contributed by atoms with Crippen molar-refractivity contribution in [1.82, 2.24) is 4.98 Å². The number of hydrogen-bond donors (Lipinski definition) is 3. The van der Waals surface area contributed by atoms with Crippen LogP contribution in [0, 0.1) is 0 Å². The summed E-state index contributed by atoms with van der Waals surface area (Å²) in [5.41, 5.74) is 2.83. The molecule has 0 aliphatic rings. The molecule has 2 aromatic carbocycles. The molecule has 3 aromatic rings. The summed E-state index contributed by atoms with van der Waals surface area (Å²) in [5, 5.41) is 13.3. The van der Waals surface area contributed by atoms with Crippen LogP contribution in [0.25, 0.3) is 10.9 Å². The number of aryl methyl sites for hydroxylation is 1. The van der Waals surface area contributed by atoms with Crippen LogP contribution in [0.5, 0.6) is 5.75 Å². The first kappa shape index (κ1) is 13.2. The maximum absolute atomic E-state index is 12.0. The van der Waals surface area contributed by atoms with Gasteiger partial charge in [-0.3, -0.25) is 4.79 Å². The number of para-hydroxylation sites is 1. The lowest BCUT2D eigenvalue weighted by Gasteiger charge is -2.05. The van der Waals surface area contributed by atoms with Crippen molar-refractivity contribution in [3.63, 3.8) is 0 Å². The molecule has 4 heteroatoms. The zero-order valence-corrected chi connectivity index (χ0v) is 11.5. The standard InChI is InChI=1S/C17H16N2O2/c20-14-5-3-4-13(10-14)19-17(21)9-8-12-11-18-16-7-2-1-6-15(12)16/h1-7,10-11,18,20H,8-9H2,(H,19,21). The highest BCUT2D eigenvalue weighted by atomic mass is 16.3. The highest BCUT2D eigenvalue weighted by molar-refractivity contribution is 5.91. The van der Waals surface area contributed by atoms with E-state index in [1.165, 1.54) is 6.07 Å². The van der Waals surface area contributed by atoms with Crippen molar-refractivity contribution in [2.24, 2.45) is 0 Å². The molecule has 0 saturated carbocycles. The number of aromatic nitrogens is 1. The fraction of sp³-hybridized carbons (Fsp3) is 0.118. The molecule has 1 heterocycles. The maximum atomic E-state index is 12.0. The van der Waals surface area contributed by atoms with Crippen LogP contribution >= 0.6 is 0 Å². The topological polar surface area (TPSA) is 65.1 Å². The minimum atomic E-state index is -0.0640. The molecule has 1 amide bonds. The second-order valence-electron chi connectivity index (χ2n) is 4.96. The first-order chi connectivity index (χ1) is 10.2. The Bertz CT molecular complexity index is 777. The number of nitrogens with one attached hydrogen (secondary N) is 2. The maximum Gasteiger partial charge on any atom is 0.224 e. The van der Waals surface area contributed by atoms with Crippen molar-refractivity contribution in [3.8, 4) is 5.75 Å². The van der Waals surface area contributed by atoms with Gasteiger partial charge in [-0.1, -0.05) is 24.3 Å². The molecule has 0 fully saturated rings. The number of H-pyrrole nitrogens is 1. The zero-order chi connectivity index (χ0) is 14.7. The van der Waals surface area contributed by atoms with Gasteiger partial charge < -0.3 is 15.4 Å². The highest BCUT2D eigenvalue weighted by Crippen LogP contribution is 2.20. The van der Waals surface area contributed by atoms with Crippen LogP contribution in [0.2, 0.25) is 0 Å². The van der Waals surface area contributed by atoms with Crippen LogP contribution in [0.1, 0.15) is 12.0 Å². The quantitative estimate of drug-likeness (QED) is 0.685. The van der Waals surface area contributed by atoms with Crippen LogP contribution < -0.4 is 5.32 Å². The van der Waals surface area contributed by atoms with E-state index in [1.807, 2.05) is 30.5 Å². The van der Waals surface area contributed by atoms with Gasteiger partial charge in [0, 0.05) is 35.3 Å². The summed E-state index contributed by atoms with van der Waals surface area (Å²) in [7, 11) is 0. The van der Waals surface area contributed by atoms with Crippen molar-refractivity contribution in [2.75, 3.05) is 5.32 Å². The van der Waals surface area contributed by atoms with Crippen molar-refractivity contribution in [2.45, 2.75) is 12.8 Å². The summed E-state index contributed by atoms with van der Waals surface area (Å²) in [5.74, 6) is 0.0790. The molecular formula is C17H16N2O2. The van der Waals surface area contributed by atoms with Crippen molar-refractivity contribution in [1.29, 1.82) is 0 Å². The number of carbonyl (C=O) groups is 1. The lowest BCUT2D eigenvalue weighted by Crippen LogP contribution is -2.12. The summed E-state index contributed by atoms with van der Waals surface area (Å²) >= 11 is 0. The molecule has 0 atom stereocenters. The number of fused-ring (bicyclic) bond motifs is 1. The number of aromatic hydroxyl groups is 1. The van der Waals surface area contributed by atoms with Crippen molar-refractivity contribution in [3.05, 3.63) is 60.3 Å². The predicted octanol–water partition coefficient (Wildman–Crippen LogP) is 3.44. The molecule has 0 aliphatic heterocycles. The van der Waals surface area contributed by atoms with Gasteiger partial charge in [0.05, 0.1) is 0 Å². The van der Waals surface area contributed by atoms with Gasteiger partial charge in [0.2, 0.25) is 5.91 Å². The first-order valence-corrected chi connectivity index (χ1v) is 6.86. The molecule has 0 radical (unpaired) electrons. The Morgan fingerprint density at radius 1 is 1.14 bits per heavy atom. The highest BCUT2D eigenvalue weighted by Gasteiger charge is 2.07. The largest absolute Gasteiger partial charge is 0.508 e. The molecular weight excluding hydrogens is 264 g/mol. The van der Waals surface area contributed by atoms with Gasteiger partial charge in [-0.25, -0.2) is 0 Å². The zero-order valence-electron chi connectivity index (χ0n) is 11.5. The Labute approximate surface area is 122 Å². The third-order valence-electron chi connectivity index (χ3n) is 3.43. The van der Waals surface area contributed by atoms with Gasteiger partial charge in [-0.05, 0) is 30.2 Å². The number of rotatable bonds is 4. The van der Waals surface area contributed by atoms with E-state index in [0.29, 0.717) is 18.5 Å². The number of amides is 1. The van der Waals surface area contributed by atoms with Crippen LogP contribution in [0.4, 0.5) is 5.69 Å². The number of anilines is 1. The average Bonchev–Trinajstić information content (AvgIpc) is 2.88. The van der Waals surface area contributed by atoms with E-state index in [1.54, 1.807) is 18.2 Å². The van der Waals surface area contributed by atoms with E-state index in [4.69, 9.17) is 0 Å². The lowest BCUT2D eigenvalue weighted by atomic mass is 10.1. The van der Waals surface area contributed by atoms with E-state index in [9.17, 15) is 9.90 Å². The van der Waals surface area contributed by atoms with Crippen molar-refractivity contribution >= 4 is 22.5 Å². The van der Waals surface area contributed by atoms with E-state index in [-0.39, 0.29) is 11.7 Å². The van der Waals surface area contributed by atoms with E-state index >= 15 is 0 Å². The fourth-order valence-corrected chi connectivity index (χ4v) is 2.39. The third-order valence-corrected chi connectivity index (χ3v) is 3.43. The number of hydrogen-bond acceptors (Lipinski definition) is 2. The molecule has 3 rings (SSSR count). The van der Waals surface area contributed by atoms with E-state index < -0.39 is 0 Å². The van der Waals surface area contributed by atoms with Gasteiger partial charge >= 0.3 is 0 Å². The van der Waals surface area contributed by atoms with Gasteiger partial charge in [-0.2, -0.15) is 0 Å². The second-order valence-corrected chi connectivity index (χ2v) is 4.96. The molecule has 0 saturated heterocycles. The molecule has 3 N–H and O–H groups in total. The Morgan fingerprint density at radius 3 is 2.86 bits per heavy atom. The molecule has 4 nitrogen and oxygen atoms in total. The molecule has 21 heavy (non-hydrogen) atoms. The monoisotopic (exact) mass is 280 g/mol. The predicted molar refractivity (Wildman–Crippen MR) is 83.4 cm³/mol. The van der Waals surface area contributed by atoms with Gasteiger partial charge in [-0.15, -0.1) is 0 Å². The SMILES string of the molecule is O=C(CCc1c[nH]c2ccccc12)Nc1cccc(O)c1. The minimum Gasteiger partial charge on any atom is -0.508 e. The summed E-state index contributed by atoms with van der Waals surface area (Å²) in [6.45, 7) is 0. The molecule has 1 aromatic heterocycles. The van der Waals surface area contributed by atoms with Gasteiger partial charge in [0.1, 0.15) is 5.75 Å². The van der Waals surface area contributed by atoms with Gasteiger partial charge in [0.25, 0.3) is 0 Å². The minimum absolute atomic E-state index is 0.0640. The van der Waals surface area contributed by atoms with Crippen LogP contribution in [0.3, 0.4) is 0 Å². The number of aromatic amines is 1. The number of phenols is 1. The summed E-state index contributed by atoms with van der Waals surface area (Å²) < 4.78 is 0. The average molecular weight is 280 g/mol. The molecule has 0 unspecified atom stereocenters. The van der Waals surface area contributed by atoms with Crippen LogP contribution in [-0.2, 0) is 11.2 Å². The Morgan fingerprint density at radius 2 is 2.00 bits per heavy atom. The summed E-state index contributed by atoms with van der Waals surface area (Å²) in [6.07, 6.45) is 3.03. The number of phenolic OH excluding ortho intramolecular Hbond substituents is 1.